The van der Waals surface area contributed by atoms with Crippen molar-refractivity contribution >= 4 is 11.8 Å². The smallest absolute Gasteiger partial charge is 0.360 e. The SMILES string of the molecule is CCCCCCCCCC1=NCC[N+]1([O-])CC(=O)O. The molecule has 1 unspecified atom stereocenters. The van der Waals surface area contributed by atoms with Gasteiger partial charge in [0.1, 0.15) is 6.54 Å². The van der Waals surface area contributed by atoms with Crippen LogP contribution in [0.5, 0.6) is 0 Å². The van der Waals surface area contributed by atoms with Crippen LogP contribution in [0.2, 0.25) is 0 Å². The molecule has 1 aliphatic rings. The molecule has 1 atom stereocenters. The van der Waals surface area contributed by atoms with Crippen LogP contribution in [0.25, 0.3) is 0 Å². The van der Waals surface area contributed by atoms with E-state index in [-0.39, 0.29) is 13.1 Å². The Hall–Kier alpha value is -0.940. The van der Waals surface area contributed by atoms with Gasteiger partial charge in [0.2, 0.25) is 0 Å². The van der Waals surface area contributed by atoms with Gasteiger partial charge in [0.25, 0.3) is 0 Å². The highest BCUT2D eigenvalue weighted by Crippen LogP contribution is 2.18. The van der Waals surface area contributed by atoms with E-state index in [2.05, 4.69) is 11.9 Å². The van der Waals surface area contributed by atoms with E-state index in [0.717, 1.165) is 12.8 Å². The molecule has 0 bridgehead atoms. The summed E-state index contributed by atoms with van der Waals surface area (Å²) in [7, 11) is 0. The molecule has 0 aliphatic carbocycles. The molecular formula is C14H26N2O3. The molecule has 0 fully saturated rings. The Morgan fingerprint density at radius 3 is 2.53 bits per heavy atom. The van der Waals surface area contributed by atoms with Crippen LogP contribution in [0.3, 0.4) is 0 Å². The molecule has 0 saturated carbocycles. The highest BCUT2D eigenvalue weighted by molar-refractivity contribution is 5.80. The molecule has 19 heavy (non-hydrogen) atoms. The van der Waals surface area contributed by atoms with Gasteiger partial charge < -0.3 is 15.0 Å². The molecule has 5 heteroatoms. The van der Waals surface area contributed by atoms with E-state index in [9.17, 15) is 10.0 Å². The summed E-state index contributed by atoms with van der Waals surface area (Å²) in [5, 5.41) is 21.1. The fourth-order valence-corrected chi connectivity index (χ4v) is 2.51. The van der Waals surface area contributed by atoms with Gasteiger partial charge in [-0.05, 0) is 6.42 Å². The van der Waals surface area contributed by atoms with Crippen molar-refractivity contribution in [3.63, 3.8) is 0 Å². The third-order valence-electron chi connectivity index (χ3n) is 3.62. The maximum absolute atomic E-state index is 12.3. The lowest BCUT2D eigenvalue weighted by atomic mass is 10.1. The Morgan fingerprint density at radius 1 is 1.26 bits per heavy atom. The maximum Gasteiger partial charge on any atom is 0.360 e. The predicted octanol–water partition coefficient (Wildman–Crippen LogP) is 2.94. The van der Waals surface area contributed by atoms with E-state index in [4.69, 9.17) is 5.11 Å². The number of hydrogen-bond donors (Lipinski definition) is 1. The number of aliphatic carboxylic acids is 1. The minimum absolute atomic E-state index is 0.290. The quantitative estimate of drug-likeness (QED) is 0.377. The first-order chi connectivity index (χ1) is 9.08. The zero-order chi connectivity index (χ0) is 14.1. The van der Waals surface area contributed by atoms with E-state index in [0.29, 0.717) is 18.8 Å². The molecule has 0 radical (unpaired) electrons. The number of unbranched alkanes of at least 4 members (excludes halogenated alkanes) is 6. The van der Waals surface area contributed by atoms with Crippen LogP contribution in [-0.4, -0.2) is 41.2 Å². The topological polar surface area (TPSA) is 72.7 Å². The molecule has 110 valence electrons. The largest absolute Gasteiger partial charge is 0.626 e. The summed E-state index contributed by atoms with van der Waals surface area (Å²) < 4.78 is -0.731. The van der Waals surface area contributed by atoms with Crippen molar-refractivity contribution in [3.05, 3.63) is 5.21 Å². The first-order valence-electron chi connectivity index (χ1n) is 7.42. The van der Waals surface area contributed by atoms with Gasteiger partial charge >= 0.3 is 5.97 Å². The van der Waals surface area contributed by atoms with Gasteiger partial charge in [-0.25, -0.2) is 9.79 Å². The van der Waals surface area contributed by atoms with Crippen LogP contribution in [0.4, 0.5) is 0 Å². The van der Waals surface area contributed by atoms with Crippen LogP contribution < -0.4 is 0 Å². The fourth-order valence-electron chi connectivity index (χ4n) is 2.51. The van der Waals surface area contributed by atoms with Crippen molar-refractivity contribution in [1.29, 1.82) is 0 Å². The number of amidine groups is 1. The molecule has 0 aromatic carbocycles. The second kappa shape index (κ2) is 8.27. The fraction of sp³-hybridized carbons (Fsp3) is 0.857. The van der Waals surface area contributed by atoms with Gasteiger partial charge in [0.15, 0.2) is 12.4 Å². The highest BCUT2D eigenvalue weighted by Gasteiger charge is 2.31. The molecule has 1 aliphatic heterocycles. The third kappa shape index (κ3) is 5.70. The van der Waals surface area contributed by atoms with Crippen molar-refractivity contribution < 1.29 is 14.5 Å². The number of carboxylic acid groups (broad SMARTS) is 1. The van der Waals surface area contributed by atoms with Gasteiger partial charge in [0, 0.05) is 6.42 Å². The summed E-state index contributed by atoms with van der Waals surface area (Å²) in [6.07, 6.45) is 9.01. The van der Waals surface area contributed by atoms with Crippen molar-refractivity contribution in [2.45, 2.75) is 58.3 Å². The molecule has 5 nitrogen and oxygen atoms in total. The first kappa shape index (κ1) is 16.1. The molecule has 0 aromatic rings. The second-order valence-electron chi connectivity index (χ2n) is 5.33. The zero-order valence-corrected chi connectivity index (χ0v) is 11.9. The Balaban J connectivity index is 2.19. The maximum atomic E-state index is 12.3. The second-order valence-corrected chi connectivity index (χ2v) is 5.33. The monoisotopic (exact) mass is 270 g/mol. The predicted molar refractivity (Wildman–Crippen MR) is 75.9 cm³/mol. The molecule has 1 heterocycles. The molecule has 0 aromatic heterocycles. The van der Waals surface area contributed by atoms with Gasteiger partial charge in [-0.2, -0.15) is 0 Å². The third-order valence-corrected chi connectivity index (χ3v) is 3.62. The molecule has 1 rings (SSSR count). The number of carboxylic acids is 1. The normalized spacial score (nSPS) is 22.5. The Labute approximate surface area is 115 Å². The number of rotatable bonds is 10. The summed E-state index contributed by atoms with van der Waals surface area (Å²) in [6, 6.07) is 0. The summed E-state index contributed by atoms with van der Waals surface area (Å²) in [5.41, 5.74) is 0. The average Bonchev–Trinajstić information content (AvgIpc) is 2.68. The van der Waals surface area contributed by atoms with Crippen LogP contribution in [-0.2, 0) is 4.79 Å². The lowest BCUT2D eigenvalue weighted by Crippen LogP contribution is -2.48. The number of aliphatic imine (C=N–C) groups is 1. The summed E-state index contributed by atoms with van der Waals surface area (Å²) in [5.74, 6) is -0.500. The van der Waals surface area contributed by atoms with Crippen LogP contribution >= 0.6 is 0 Å². The van der Waals surface area contributed by atoms with E-state index < -0.39 is 10.6 Å². The average molecular weight is 270 g/mol. The molecule has 0 saturated heterocycles. The molecule has 0 amide bonds. The highest BCUT2D eigenvalue weighted by atomic mass is 16.6. The zero-order valence-electron chi connectivity index (χ0n) is 11.9. The van der Waals surface area contributed by atoms with Crippen molar-refractivity contribution in [2.24, 2.45) is 4.99 Å². The van der Waals surface area contributed by atoms with Crippen LogP contribution in [0.1, 0.15) is 58.3 Å². The molecular weight excluding hydrogens is 244 g/mol. The lowest BCUT2D eigenvalue weighted by molar-refractivity contribution is -0.775. The van der Waals surface area contributed by atoms with E-state index in [1.54, 1.807) is 0 Å². The summed E-state index contributed by atoms with van der Waals surface area (Å²) in [4.78, 5) is 14.9. The lowest BCUT2D eigenvalue weighted by Gasteiger charge is -2.37. The number of carbonyl (C=O) groups is 1. The van der Waals surface area contributed by atoms with Crippen molar-refractivity contribution in [2.75, 3.05) is 19.6 Å². The van der Waals surface area contributed by atoms with Crippen molar-refractivity contribution in [3.8, 4) is 0 Å². The summed E-state index contributed by atoms with van der Waals surface area (Å²) >= 11 is 0. The Kier molecular flexibility index (Phi) is 7.02. The first-order valence-corrected chi connectivity index (χ1v) is 7.42. The number of hydrogen-bond acceptors (Lipinski definition) is 3. The minimum atomic E-state index is -1.04. The van der Waals surface area contributed by atoms with E-state index in [1.165, 1.54) is 32.1 Å². The van der Waals surface area contributed by atoms with Gasteiger partial charge in [0.05, 0.1) is 6.54 Å². The van der Waals surface area contributed by atoms with Crippen molar-refractivity contribution in [1.82, 2.24) is 0 Å². The number of quaternary nitrogens is 1. The van der Waals surface area contributed by atoms with Crippen LogP contribution in [0.15, 0.2) is 4.99 Å². The van der Waals surface area contributed by atoms with Gasteiger partial charge in [-0.15, -0.1) is 0 Å². The Bertz CT molecular complexity index is 318. The van der Waals surface area contributed by atoms with Gasteiger partial charge in [-0.1, -0.05) is 45.4 Å². The van der Waals surface area contributed by atoms with E-state index in [1.807, 2.05) is 0 Å². The Morgan fingerprint density at radius 2 is 1.89 bits per heavy atom. The number of hydroxylamine groups is 3. The minimum Gasteiger partial charge on any atom is -0.626 e. The van der Waals surface area contributed by atoms with Crippen LogP contribution in [0, 0.1) is 5.21 Å². The molecule has 1 N–H and O–H groups in total. The summed E-state index contributed by atoms with van der Waals surface area (Å²) in [6.45, 7) is 2.59. The standard InChI is InChI=1S/C14H26N2O3/c1-2-3-4-5-6-7-8-9-13-15-10-11-16(13,19)12-14(17)18/h2-12H2,1H3,(H,17,18). The number of nitrogens with zero attached hydrogens (tertiary/aromatic N) is 2. The van der Waals surface area contributed by atoms with E-state index >= 15 is 0 Å². The molecule has 0 spiro atoms. The van der Waals surface area contributed by atoms with Gasteiger partial charge in [-0.3, -0.25) is 0 Å².